The molecule has 30 heavy (non-hydrogen) atoms. The molecule has 0 saturated carbocycles. The average Bonchev–Trinajstić information content (AvgIpc) is 2.65. The van der Waals surface area contributed by atoms with Crippen LogP contribution in [0, 0.1) is 0 Å². The predicted molar refractivity (Wildman–Crippen MR) is 97.6 cm³/mol. The fraction of sp³-hybridized carbons (Fsp3) is 0.250. The lowest BCUT2D eigenvalue weighted by Gasteiger charge is -2.39. The summed E-state index contributed by atoms with van der Waals surface area (Å²) in [6.45, 7) is -1.51. The molecule has 4 nitrogen and oxygen atoms in total. The third-order valence-electron chi connectivity index (χ3n) is 4.84. The van der Waals surface area contributed by atoms with E-state index in [1.54, 1.807) is 30.3 Å². The van der Waals surface area contributed by atoms with Gasteiger partial charge in [-0.05, 0) is 11.6 Å². The molecule has 0 aliphatic carbocycles. The SMILES string of the molecule is O=c1cc(C(F)(F)F)c2cc3c(cc2[nH]1)OC[C@H](c1ccccc1)N3CC(F)(F)F. The molecule has 2 heterocycles. The number of H-pyrrole nitrogens is 1. The van der Waals surface area contributed by atoms with Crippen LogP contribution in [0.3, 0.4) is 0 Å². The van der Waals surface area contributed by atoms with Gasteiger partial charge in [-0.1, -0.05) is 30.3 Å². The minimum atomic E-state index is -4.86. The molecule has 0 spiro atoms. The highest BCUT2D eigenvalue weighted by atomic mass is 19.4. The molecular weight excluding hydrogens is 414 g/mol. The highest BCUT2D eigenvalue weighted by Crippen LogP contribution is 2.44. The number of ether oxygens (including phenoxy) is 1. The molecule has 158 valence electrons. The Kier molecular flexibility index (Phi) is 4.67. The maximum absolute atomic E-state index is 13.5. The number of nitrogens with zero attached hydrogens (tertiary/aromatic N) is 1. The standard InChI is InChI=1S/C20H14F6N2O2/c21-19(22,23)10-28-15-6-12-13(20(24,25)26)7-18(29)27-14(12)8-17(15)30-9-16(28)11-4-2-1-3-5-11/h1-8,16H,9-10H2,(H,27,29)/t16-/m1/s1. The van der Waals surface area contributed by atoms with Crippen molar-refractivity contribution >= 4 is 16.6 Å². The van der Waals surface area contributed by atoms with Gasteiger partial charge in [0.15, 0.2) is 0 Å². The van der Waals surface area contributed by atoms with Crippen molar-refractivity contribution in [3.05, 3.63) is 70.0 Å². The second kappa shape index (κ2) is 6.96. The van der Waals surface area contributed by atoms with Gasteiger partial charge in [-0.3, -0.25) is 4.79 Å². The maximum Gasteiger partial charge on any atom is 0.417 e. The minimum absolute atomic E-state index is 0.0334. The zero-order valence-corrected chi connectivity index (χ0v) is 15.1. The fourth-order valence-electron chi connectivity index (χ4n) is 3.61. The molecule has 0 fully saturated rings. The molecule has 4 rings (SSSR count). The van der Waals surface area contributed by atoms with Crippen LogP contribution >= 0.6 is 0 Å². The molecule has 1 aliphatic heterocycles. The molecule has 0 bridgehead atoms. The quantitative estimate of drug-likeness (QED) is 0.581. The van der Waals surface area contributed by atoms with Gasteiger partial charge in [-0.2, -0.15) is 26.3 Å². The molecule has 0 saturated heterocycles. The predicted octanol–water partition coefficient (Wildman–Crippen LogP) is 5.05. The molecule has 10 heteroatoms. The van der Waals surface area contributed by atoms with Crippen LogP contribution in [0.15, 0.2) is 53.3 Å². The number of hydrogen-bond acceptors (Lipinski definition) is 3. The van der Waals surface area contributed by atoms with Gasteiger partial charge in [-0.15, -0.1) is 0 Å². The van der Waals surface area contributed by atoms with Crippen LogP contribution in [0.1, 0.15) is 17.2 Å². The molecule has 1 N–H and O–H groups in total. The van der Waals surface area contributed by atoms with Crippen molar-refractivity contribution in [2.24, 2.45) is 0 Å². The lowest BCUT2D eigenvalue weighted by Crippen LogP contribution is -2.42. The van der Waals surface area contributed by atoms with E-state index in [1.807, 2.05) is 0 Å². The van der Waals surface area contributed by atoms with Crippen LogP contribution in [0.25, 0.3) is 10.9 Å². The van der Waals surface area contributed by atoms with E-state index < -0.39 is 41.4 Å². The third-order valence-corrected chi connectivity index (χ3v) is 4.84. The summed E-state index contributed by atoms with van der Waals surface area (Å²) in [7, 11) is 0. The van der Waals surface area contributed by atoms with E-state index in [1.165, 1.54) is 0 Å². The van der Waals surface area contributed by atoms with Gasteiger partial charge < -0.3 is 14.6 Å². The highest BCUT2D eigenvalue weighted by Gasteiger charge is 2.39. The number of anilines is 1. The number of alkyl halides is 6. The Morgan fingerprint density at radius 1 is 1.03 bits per heavy atom. The van der Waals surface area contributed by atoms with E-state index in [9.17, 15) is 31.1 Å². The first-order chi connectivity index (χ1) is 14.0. The number of benzene rings is 2. The van der Waals surface area contributed by atoms with Crippen LogP contribution in [0.5, 0.6) is 5.75 Å². The van der Waals surface area contributed by atoms with Crippen molar-refractivity contribution in [3.8, 4) is 5.75 Å². The molecule has 0 radical (unpaired) electrons. The summed E-state index contributed by atoms with van der Waals surface area (Å²) in [5.74, 6) is -0.0334. The minimum Gasteiger partial charge on any atom is -0.489 e. The number of pyridine rings is 1. The number of aromatic nitrogens is 1. The van der Waals surface area contributed by atoms with Gasteiger partial charge in [0.25, 0.3) is 0 Å². The largest absolute Gasteiger partial charge is 0.489 e. The number of fused-ring (bicyclic) bond motifs is 2. The van der Waals surface area contributed by atoms with Gasteiger partial charge in [0.2, 0.25) is 5.56 Å². The van der Waals surface area contributed by atoms with E-state index in [-0.39, 0.29) is 23.6 Å². The molecule has 1 aromatic heterocycles. The number of aromatic amines is 1. The van der Waals surface area contributed by atoms with Crippen LogP contribution in [0.4, 0.5) is 32.0 Å². The van der Waals surface area contributed by atoms with Crippen molar-refractivity contribution in [2.75, 3.05) is 18.1 Å². The summed E-state index contributed by atoms with van der Waals surface area (Å²) in [4.78, 5) is 14.9. The number of halogens is 6. The van der Waals surface area contributed by atoms with Gasteiger partial charge >= 0.3 is 12.4 Å². The Morgan fingerprint density at radius 2 is 1.73 bits per heavy atom. The average molecular weight is 428 g/mol. The second-order valence-electron chi connectivity index (χ2n) is 6.89. The smallest absolute Gasteiger partial charge is 0.417 e. The molecule has 1 aliphatic rings. The third kappa shape index (κ3) is 3.81. The monoisotopic (exact) mass is 428 g/mol. The Morgan fingerprint density at radius 3 is 2.37 bits per heavy atom. The van der Waals surface area contributed by atoms with Gasteiger partial charge in [0.05, 0.1) is 22.8 Å². The Hall–Kier alpha value is -3.17. The van der Waals surface area contributed by atoms with E-state index >= 15 is 0 Å². The van der Waals surface area contributed by atoms with Gasteiger partial charge in [-0.25, -0.2) is 0 Å². The van der Waals surface area contributed by atoms with Crippen molar-refractivity contribution in [1.29, 1.82) is 0 Å². The molecule has 1 atom stereocenters. The maximum atomic E-state index is 13.5. The zero-order chi connectivity index (χ0) is 21.7. The second-order valence-corrected chi connectivity index (χ2v) is 6.89. The van der Waals surface area contributed by atoms with E-state index in [4.69, 9.17) is 4.74 Å². The number of hydrogen-bond donors (Lipinski definition) is 1. The number of rotatable bonds is 2. The van der Waals surface area contributed by atoms with Crippen molar-refractivity contribution in [3.63, 3.8) is 0 Å². The topological polar surface area (TPSA) is 45.3 Å². The van der Waals surface area contributed by atoms with E-state index in [0.717, 1.165) is 17.0 Å². The molecule has 2 aromatic carbocycles. The molecule has 0 unspecified atom stereocenters. The summed E-state index contributed by atoms with van der Waals surface area (Å²) in [5, 5.41) is -0.412. The summed E-state index contributed by atoms with van der Waals surface area (Å²) < 4.78 is 86.0. The van der Waals surface area contributed by atoms with Crippen LogP contribution < -0.4 is 15.2 Å². The van der Waals surface area contributed by atoms with Crippen LogP contribution in [0.2, 0.25) is 0 Å². The number of nitrogens with one attached hydrogen (secondary N) is 1. The molecule has 3 aromatic rings. The Balaban J connectivity index is 1.93. The lowest BCUT2D eigenvalue weighted by molar-refractivity contribution is -0.136. The normalized spacial score (nSPS) is 17.0. The lowest BCUT2D eigenvalue weighted by atomic mass is 10.0. The summed E-state index contributed by atoms with van der Waals surface area (Å²) in [5.41, 5.74) is -1.96. The summed E-state index contributed by atoms with van der Waals surface area (Å²) in [6.07, 6.45) is -9.46. The van der Waals surface area contributed by atoms with E-state index in [0.29, 0.717) is 11.6 Å². The molecule has 0 amide bonds. The van der Waals surface area contributed by atoms with Crippen molar-refractivity contribution < 1.29 is 31.1 Å². The first-order valence-electron chi connectivity index (χ1n) is 8.82. The molecular formula is C20H14F6N2O2. The highest BCUT2D eigenvalue weighted by molar-refractivity contribution is 5.89. The first-order valence-corrected chi connectivity index (χ1v) is 8.82. The van der Waals surface area contributed by atoms with Crippen molar-refractivity contribution in [2.45, 2.75) is 18.4 Å². The van der Waals surface area contributed by atoms with Gasteiger partial charge in [0, 0.05) is 17.5 Å². The van der Waals surface area contributed by atoms with Crippen LogP contribution in [-0.4, -0.2) is 24.3 Å². The fourth-order valence-corrected chi connectivity index (χ4v) is 3.61. The Labute approximate surface area is 165 Å². The first kappa shape index (κ1) is 20.1. The van der Waals surface area contributed by atoms with E-state index in [2.05, 4.69) is 4.98 Å². The van der Waals surface area contributed by atoms with Crippen molar-refractivity contribution in [1.82, 2.24) is 4.98 Å². The zero-order valence-electron chi connectivity index (χ0n) is 15.1. The summed E-state index contributed by atoms with van der Waals surface area (Å²) in [6, 6.07) is 9.93. The van der Waals surface area contributed by atoms with Gasteiger partial charge in [0.1, 0.15) is 18.9 Å². The summed E-state index contributed by atoms with van der Waals surface area (Å²) >= 11 is 0. The Bertz CT molecular complexity index is 1140. The van der Waals surface area contributed by atoms with Crippen LogP contribution in [-0.2, 0) is 6.18 Å².